The summed E-state index contributed by atoms with van der Waals surface area (Å²) in [5.41, 5.74) is 1.65. The molecular formula is C22H23N3O6. The van der Waals surface area contributed by atoms with Crippen LogP contribution < -0.4 is 29.7 Å². The number of hydrogen-bond acceptors (Lipinski definition) is 6. The van der Waals surface area contributed by atoms with Gasteiger partial charge in [0.15, 0.2) is 17.6 Å². The van der Waals surface area contributed by atoms with Gasteiger partial charge in [-0.1, -0.05) is 0 Å². The minimum absolute atomic E-state index is 0.0997. The van der Waals surface area contributed by atoms with E-state index in [9.17, 15) is 14.4 Å². The van der Waals surface area contributed by atoms with E-state index in [1.54, 1.807) is 48.2 Å². The second-order valence-electron chi connectivity index (χ2n) is 7.39. The summed E-state index contributed by atoms with van der Waals surface area (Å²) in [5, 5.41) is 5.57. The Morgan fingerprint density at radius 2 is 1.90 bits per heavy atom. The minimum Gasteiger partial charge on any atom is -0.493 e. The van der Waals surface area contributed by atoms with Gasteiger partial charge < -0.3 is 29.7 Å². The van der Waals surface area contributed by atoms with Crippen LogP contribution >= 0.6 is 0 Å². The summed E-state index contributed by atoms with van der Waals surface area (Å²) in [7, 11) is 3.06. The molecule has 0 aliphatic carbocycles. The highest BCUT2D eigenvalue weighted by atomic mass is 16.5. The topological polar surface area (TPSA) is 106 Å². The van der Waals surface area contributed by atoms with E-state index in [2.05, 4.69) is 10.6 Å². The fourth-order valence-electron chi connectivity index (χ4n) is 3.66. The number of methoxy groups -OCH3 is 2. The molecule has 3 amide bonds. The maximum atomic E-state index is 12.8. The number of amides is 3. The molecule has 1 fully saturated rings. The molecule has 2 aromatic carbocycles. The van der Waals surface area contributed by atoms with E-state index in [0.717, 1.165) is 0 Å². The zero-order valence-corrected chi connectivity index (χ0v) is 17.4. The van der Waals surface area contributed by atoms with Gasteiger partial charge in [0.25, 0.3) is 5.91 Å². The summed E-state index contributed by atoms with van der Waals surface area (Å²) in [6.07, 6.45) is -0.470. The Labute approximate surface area is 179 Å². The molecule has 31 heavy (non-hydrogen) atoms. The lowest BCUT2D eigenvalue weighted by molar-refractivity contribution is -0.122. The maximum Gasteiger partial charge on any atom is 0.265 e. The molecule has 0 aromatic heterocycles. The van der Waals surface area contributed by atoms with Gasteiger partial charge in [-0.3, -0.25) is 14.4 Å². The molecule has 0 unspecified atom stereocenters. The molecule has 2 atom stereocenters. The maximum absolute atomic E-state index is 12.8. The van der Waals surface area contributed by atoms with Gasteiger partial charge in [0.2, 0.25) is 11.8 Å². The second-order valence-corrected chi connectivity index (χ2v) is 7.39. The van der Waals surface area contributed by atoms with Gasteiger partial charge in [0.1, 0.15) is 5.75 Å². The third kappa shape index (κ3) is 3.98. The monoisotopic (exact) mass is 425 g/mol. The van der Waals surface area contributed by atoms with Crippen molar-refractivity contribution in [1.82, 2.24) is 0 Å². The van der Waals surface area contributed by atoms with Crippen LogP contribution in [0.4, 0.5) is 17.1 Å². The smallest absolute Gasteiger partial charge is 0.265 e. The molecule has 0 saturated carbocycles. The normalized spacial score (nSPS) is 19.9. The number of fused-ring (bicyclic) bond motifs is 1. The number of rotatable bonds is 5. The fourth-order valence-corrected chi connectivity index (χ4v) is 3.66. The van der Waals surface area contributed by atoms with Gasteiger partial charge in [0.05, 0.1) is 25.8 Å². The zero-order chi connectivity index (χ0) is 22.1. The quantitative estimate of drug-likeness (QED) is 0.762. The molecule has 4 rings (SSSR count). The second kappa shape index (κ2) is 8.17. The zero-order valence-electron chi connectivity index (χ0n) is 17.4. The Morgan fingerprint density at radius 3 is 2.65 bits per heavy atom. The van der Waals surface area contributed by atoms with Crippen LogP contribution in [0, 0.1) is 5.92 Å². The fraction of sp³-hybridized carbons (Fsp3) is 0.318. The van der Waals surface area contributed by atoms with Gasteiger partial charge >= 0.3 is 0 Å². The molecule has 9 heteroatoms. The van der Waals surface area contributed by atoms with Crippen LogP contribution in [-0.4, -0.2) is 44.6 Å². The largest absolute Gasteiger partial charge is 0.493 e. The first-order valence-corrected chi connectivity index (χ1v) is 9.84. The number of ether oxygens (including phenoxy) is 3. The summed E-state index contributed by atoms with van der Waals surface area (Å²) in [6.45, 7) is 1.91. The van der Waals surface area contributed by atoms with Crippen molar-refractivity contribution in [3.8, 4) is 17.2 Å². The van der Waals surface area contributed by atoms with Crippen LogP contribution in [0.1, 0.15) is 13.3 Å². The number of anilines is 3. The molecule has 162 valence electrons. The molecule has 9 nitrogen and oxygen atoms in total. The van der Waals surface area contributed by atoms with Crippen molar-refractivity contribution in [2.75, 3.05) is 36.3 Å². The Balaban J connectivity index is 1.46. The molecule has 1 saturated heterocycles. The highest BCUT2D eigenvalue weighted by molar-refractivity contribution is 6.04. The van der Waals surface area contributed by atoms with Crippen molar-refractivity contribution in [3.63, 3.8) is 0 Å². The molecule has 2 aromatic rings. The van der Waals surface area contributed by atoms with Gasteiger partial charge in [-0.05, 0) is 37.3 Å². The standard InChI is InChI=1S/C22H23N3O6/c1-12-21(27)24-16-9-14(4-6-17(16)31-12)23-22(28)13-8-20(26)25(11-13)15-5-7-18(29-2)19(10-15)30-3/h4-7,9-10,12-13H,8,11H2,1-3H3,(H,23,28)(H,24,27)/t12-,13-/m1/s1. The summed E-state index contributed by atoms with van der Waals surface area (Å²) in [5.74, 6) is 0.435. The molecule has 2 aliphatic rings. The number of carbonyl (C=O) groups excluding carboxylic acids is 3. The van der Waals surface area contributed by atoms with E-state index in [-0.39, 0.29) is 30.7 Å². The Kier molecular flexibility index (Phi) is 5.41. The van der Waals surface area contributed by atoms with E-state index in [0.29, 0.717) is 34.3 Å². The molecule has 0 spiro atoms. The number of carbonyl (C=O) groups is 3. The highest BCUT2D eigenvalue weighted by Gasteiger charge is 2.35. The van der Waals surface area contributed by atoms with Crippen molar-refractivity contribution in [2.45, 2.75) is 19.4 Å². The van der Waals surface area contributed by atoms with Gasteiger partial charge in [-0.25, -0.2) is 0 Å². The third-order valence-corrected chi connectivity index (χ3v) is 5.35. The molecule has 0 radical (unpaired) electrons. The predicted molar refractivity (Wildman–Crippen MR) is 114 cm³/mol. The van der Waals surface area contributed by atoms with Crippen LogP contribution in [0.3, 0.4) is 0 Å². The summed E-state index contributed by atoms with van der Waals surface area (Å²) in [6, 6.07) is 10.2. The lowest BCUT2D eigenvalue weighted by Crippen LogP contribution is -2.34. The van der Waals surface area contributed by atoms with Crippen LogP contribution in [0.25, 0.3) is 0 Å². The summed E-state index contributed by atoms with van der Waals surface area (Å²) in [4.78, 5) is 38.7. The summed E-state index contributed by atoms with van der Waals surface area (Å²) < 4.78 is 16.1. The van der Waals surface area contributed by atoms with Gasteiger partial charge in [0, 0.05) is 30.4 Å². The van der Waals surface area contributed by atoms with E-state index in [1.807, 2.05) is 0 Å². The first-order chi connectivity index (χ1) is 14.9. The average molecular weight is 425 g/mol. The number of nitrogens with one attached hydrogen (secondary N) is 2. The van der Waals surface area contributed by atoms with Crippen LogP contribution in [0.15, 0.2) is 36.4 Å². The Hall–Kier alpha value is -3.75. The van der Waals surface area contributed by atoms with E-state index < -0.39 is 12.0 Å². The van der Waals surface area contributed by atoms with Crippen molar-refractivity contribution < 1.29 is 28.6 Å². The van der Waals surface area contributed by atoms with Gasteiger partial charge in [-0.15, -0.1) is 0 Å². The Bertz CT molecular complexity index is 1050. The van der Waals surface area contributed by atoms with Crippen molar-refractivity contribution in [3.05, 3.63) is 36.4 Å². The average Bonchev–Trinajstić information content (AvgIpc) is 3.16. The molecule has 2 heterocycles. The van der Waals surface area contributed by atoms with Crippen LogP contribution in [0.5, 0.6) is 17.2 Å². The number of hydrogen-bond donors (Lipinski definition) is 2. The lowest BCUT2D eigenvalue weighted by atomic mass is 10.1. The Morgan fingerprint density at radius 1 is 1.13 bits per heavy atom. The van der Waals surface area contributed by atoms with Crippen LogP contribution in [0.2, 0.25) is 0 Å². The first-order valence-electron chi connectivity index (χ1n) is 9.84. The summed E-state index contributed by atoms with van der Waals surface area (Å²) >= 11 is 0. The van der Waals surface area contributed by atoms with Crippen molar-refractivity contribution in [1.29, 1.82) is 0 Å². The molecule has 2 aliphatic heterocycles. The number of nitrogens with zero attached hydrogens (tertiary/aromatic N) is 1. The van der Waals surface area contributed by atoms with Gasteiger partial charge in [-0.2, -0.15) is 0 Å². The lowest BCUT2D eigenvalue weighted by Gasteiger charge is -2.24. The predicted octanol–water partition coefficient (Wildman–Crippen LogP) is 2.41. The SMILES string of the molecule is COc1ccc(N2C[C@H](C(=O)Nc3ccc4c(c3)NC(=O)[C@@H](C)O4)CC2=O)cc1OC. The first kappa shape index (κ1) is 20.5. The molecule has 0 bridgehead atoms. The minimum atomic E-state index is -0.569. The van der Waals surface area contributed by atoms with Crippen molar-refractivity contribution >= 4 is 34.8 Å². The number of benzene rings is 2. The molecular weight excluding hydrogens is 402 g/mol. The van der Waals surface area contributed by atoms with E-state index in [1.165, 1.54) is 14.2 Å². The van der Waals surface area contributed by atoms with Crippen LogP contribution in [-0.2, 0) is 14.4 Å². The van der Waals surface area contributed by atoms with Crippen molar-refractivity contribution in [2.24, 2.45) is 5.92 Å². The highest BCUT2D eigenvalue weighted by Crippen LogP contribution is 2.35. The van der Waals surface area contributed by atoms with E-state index in [4.69, 9.17) is 14.2 Å². The third-order valence-electron chi connectivity index (χ3n) is 5.35. The molecule has 2 N–H and O–H groups in total. The van der Waals surface area contributed by atoms with E-state index >= 15 is 0 Å².